The Hall–Kier alpha value is -0.580. The Kier molecular flexibility index (Phi) is 5.10. The average Bonchev–Trinajstić information content (AvgIpc) is 2.47. The highest BCUT2D eigenvalue weighted by Crippen LogP contribution is 2.48. The molecule has 1 aromatic carbocycles. The number of nitrogens with two attached hydrogens (primary N) is 1. The van der Waals surface area contributed by atoms with Crippen LogP contribution < -0.4 is 10.5 Å². The summed E-state index contributed by atoms with van der Waals surface area (Å²) >= 11 is 3.47. The predicted octanol–water partition coefficient (Wildman–Crippen LogP) is 3.65. The molecule has 0 heterocycles. The Balaban J connectivity index is 2.33. The van der Waals surface area contributed by atoms with Crippen molar-refractivity contribution in [1.29, 1.82) is 0 Å². The molecule has 1 saturated carbocycles. The van der Waals surface area contributed by atoms with Gasteiger partial charge < -0.3 is 15.6 Å². The highest BCUT2D eigenvalue weighted by molar-refractivity contribution is 9.10. The van der Waals surface area contributed by atoms with Gasteiger partial charge in [-0.15, -0.1) is 0 Å². The molecule has 0 spiro atoms. The number of ether oxygens (including phenoxy) is 1. The fourth-order valence-electron chi connectivity index (χ4n) is 3.18. The summed E-state index contributed by atoms with van der Waals surface area (Å²) in [4.78, 5) is 0. The van der Waals surface area contributed by atoms with Crippen LogP contribution in [-0.4, -0.2) is 18.8 Å². The van der Waals surface area contributed by atoms with Gasteiger partial charge in [0.2, 0.25) is 0 Å². The summed E-state index contributed by atoms with van der Waals surface area (Å²) in [5.41, 5.74) is 6.65. The predicted molar refractivity (Wildman–Crippen MR) is 84.8 cm³/mol. The van der Waals surface area contributed by atoms with Crippen LogP contribution in [0.25, 0.3) is 0 Å². The number of methoxy groups -OCH3 is 1. The lowest BCUT2D eigenvalue weighted by atomic mass is 9.66. The van der Waals surface area contributed by atoms with Crippen LogP contribution in [0.1, 0.15) is 44.3 Å². The number of hydrogen-bond acceptors (Lipinski definition) is 3. The summed E-state index contributed by atoms with van der Waals surface area (Å²) in [5, 5.41) is 10.9. The molecule has 1 aliphatic carbocycles. The zero-order chi connectivity index (χ0) is 14.8. The summed E-state index contributed by atoms with van der Waals surface area (Å²) in [6.07, 6.45) is 3.63. The molecule has 1 fully saturated rings. The third kappa shape index (κ3) is 3.02. The first-order valence-corrected chi connectivity index (χ1v) is 8.03. The van der Waals surface area contributed by atoms with Gasteiger partial charge in [0.25, 0.3) is 0 Å². The summed E-state index contributed by atoms with van der Waals surface area (Å²) in [7, 11) is 1.64. The summed E-state index contributed by atoms with van der Waals surface area (Å²) in [6.45, 7) is 2.78. The molecule has 0 amide bonds. The minimum absolute atomic E-state index is 0.222. The van der Waals surface area contributed by atoms with E-state index in [9.17, 15) is 5.11 Å². The molecule has 2 rings (SSSR count). The monoisotopic (exact) mass is 341 g/mol. The van der Waals surface area contributed by atoms with Crippen molar-refractivity contribution in [2.45, 2.75) is 38.7 Å². The quantitative estimate of drug-likeness (QED) is 0.878. The second-order valence-corrected chi connectivity index (χ2v) is 6.95. The van der Waals surface area contributed by atoms with Gasteiger partial charge in [0.1, 0.15) is 5.75 Å². The number of hydrogen-bond donors (Lipinski definition) is 2. The van der Waals surface area contributed by atoms with Crippen LogP contribution in [0.15, 0.2) is 22.7 Å². The van der Waals surface area contributed by atoms with Crippen LogP contribution in [0.2, 0.25) is 0 Å². The van der Waals surface area contributed by atoms with E-state index < -0.39 is 6.10 Å². The zero-order valence-corrected chi connectivity index (χ0v) is 13.8. The van der Waals surface area contributed by atoms with Crippen LogP contribution >= 0.6 is 15.9 Å². The van der Waals surface area contributed by atoms with Gasteiger partial charge in [-0.2, -0.15) is 0 Å². The van der Waals surface area contributed by atoms with E-state index in [1.807, 2.05) is 18.2 Å². The molecule has 1 aliphatic rings. The van der Waals surface area contributed by atoms with Gasteiger partial charge in [-0.05, 0) is 37.0 Å². The molecule has 1 aromatic rings. The van der Waals surface area contributed by atoms with Gasteiger partial charge in [0, 0.05) is 22.0 Å². The SMILES string of the molecule is COc1ccc(Br)cc1C(O)C1(CN)CCC(C)CC1. The van der Waals surface area contributed by atoms with Crippen LogP contribution in [0.5, 0.6) is 5.75 Å². The van der Waals surface area contributed by atoms with Gasteiger partial charge in [-0.3, -0.25) is 0 Å². The largest absolute Gasteiger partial charge is 0.496 e. The molecule has 1 unspecified atom stereocenters. The van der Waals surface area contributed by atoms with Crippen LogP contribution in [0, 0.1) is 11.3 Å². The number of aliphatic hydroxyl groups is 1. The summed E-state index contributed by atoms with van der Waals surface area (Å²) < 4.78 is 6.35. The maximum atomic E-state index is 10.9. The van der Waals surface area contributed by atoms with Gasteiger partial charge >= 0.3 is 0 Å². The fourth-order valence-corrected chi connectivity index (χ4v) is 3.55. The van der Waals surface area contributed by atoms with Crippen molar-refractivity contribution >= 4 is 15.9 Å². The molecule has 112 valence electrons. The maximum absolute atomic E-state index is 10.9. The third-order valence-electron chi connectivity index (χ3n) is 4.74. The van der Waals surface area contributed by atoms with Crippen molar-refractivity contribution < 1.29 is 9.84 Å². The minimum atomic E-state index is -0.576. The smallest absolute Gasteiger partial charge is 0.124 e. The molecular weight excluding hydrogens is 318 g/mol. The first kappa shape index (κ1) is 15.8. The fraction of sp³-hybridized carbons (Fsp3) is 0.625. The molecule has 0 bridgehead atoms. The Morgan fingerprint density at radius 3 is 2.65 bits per heavy atom. The van der Waals surface area contributed by atoms with Gasteiger partial charge in [0.05, 0.1) is 13.2 Å². The van der Waals surface area contributed by atoms with Crippen LogP contribution in [0.4, 0.5) is 0 Å². The first-order valence-electron chi connectivity index (χ1n) is 7.24. The van der Waals surface area contributed by atoms with Crippen molar-refractivity contribution in [1.82, 2.24) is 0 Å². The van der Waals surface area contributed by atoms with Crippen LogP contribution in [-0.2, 0) is 0 Å². The van der Waals surface area contributed by atoms with Crippen molar-refractivity contribution in [3.63, 3.8) is 0 Å². The minimum Gasteiger partial charge on any atom is -0.496 e. The van der Waals surface area contributed by atoms with Gasteiger partial charge in [-0.1, -0.05) is 35.7 Å². The first-order chi connectivity index (χ1) is 9.52. The van der Waals surface area contributed by atoms with E-state index in [0.29, 0.717) is 6.54 Å². The Bertz CT molecular complexity index is 456. The second-order valence-electron chi connectivity index (χ2n) is 6.04. The highest BCUT2D eigenvalue weighted by Gasteiger charge is 2.41. The van der Waals surface area contributed by atoms with E-state index in [-0.39, 0.29) is 5.41 Å². The lowest BCUT2D eigenvalue weighted by Gasteiger charge is -2.42. The lowest BCUT2D eigenvalue weighted by molar-refractivity contribution is -0.00949. The molecule has 0 aliphatic heterocycles. The number of halogens is 1. The number of rotatable bonds is 4. The van der Waals surface area contributed by atoms with Crippen LogP contribution in [0.3, 0.4) is 0 Å². The molecule has 0 aromatic heterocycles. The molecule has 1 atom stereocenters. The van der Waals surface area contributed by atoms with E-state index in [4.69, 9.17) is 10.5 Å². The summed E-state index contributed by atoms with van der Waals surface area (Å²) in [6, 6.07) is 5.75. The van der Waals surface area contributed by atoms with Gasteiger partial charge in [-0.25, -0.2) is 0 Å². The van der Waals surface area contributed by atoms with E-state index in [2.05, 4.69) is 22.9 Å². The molecule has 3 nitrogen and oxygen atoms in total. The molecule has 0 radical (unpaired) electrons. The molecule has 0 saturated heterocycles. The normalized spacial score (nSPS) is 28.1. The Morgan fingerprint density at radius 2 is 2.10 bits per heavy atom. The van der Waals surface area contributed by atoms with E-state index in [1.54, 1.807) is 7.11 Å². The Morgan fingerprint density at radius 1 is 1.45 bits per heavy atom. The second kappa shape index (κ2) is 6.46. The van der Waals surface area contributed by atoms with E-state index in [0.717, 1.165) is 47.4 Å². The van der Waals surface area contributed by atoms with Crippen molar-refractivity contribution in [3.05, 3.63) is 28.2 Å². The highest BCUT2D eigenvalue weighted by atomic mass is 79.9. The van der Waals surface area contributed by atoms with Gasteiger partial charge in [0.15, 0.2) is 0 Å². The number of aliphatic hydroxyl groups excluding tert-OH is 1. The summed E-state index contributed by atoms with van der Waals surface area (Å²) in [5.74, 6) is 1.46. The van der Waals surface area contributed by atoms with E-state index in [1.165, 1.54) is 0 Å². The van der Waals surface area contributed by atoms with E-state index >= 15 is 0 Å². The van der Waals surface area contributed by atoms with Crippen molar-refractivity contribution in [2.75, 3.05) is 13.7 Å². The molecule has 20 heavy (non-hydrogen) atoms. The molecule has 4 heteroatoms. The maximum Gasteiger partial charge on any atom is 0.124 e. The third-order valence-corrected chi connectivity index (χ3v) is 5.24. The average molecular weight is 342 g/mol. The van der Waals surface area contributed by atoms with Crippen molar-refractivity contribution in [3.8, 4) is 5.75 Å². The van der Waals surface area contributed by atoms with Crippen molar-refractivity contribution in [2.24, 2.45) is 17.1 Å². The molecule has 3 N–H and O–H groups in total. The Labute approximate surface area is 129 Å². The zero-order valence-electron chi connectivity index (χ0n) is 12.2. The lowest BCUT2D eigenvalue weighted by Crippen LogP contribution is -2.40. The number of benzene rings is 1. The standard InChI is InChI=1S/C16H24BrNO2/c1-11-5-7-16(10-18,8-6-11)15(19)13-9-12(17)3-4-14(13)20-2/h3-4,9,11,15,19H,5-8,10,18H2,1-2H3. The molecular formula is C16H24BrNO2. The topological polar surface area (TPSA) is 55.5 Å².